The van der Waals surface area contributed by atoms with Crippen molar-refractivity contribution in [3.8, 4) is 0 Å². The number of hydrogen-bond donors (Lipinski definition) is 1. The van der Waals surface area contributed by atoms with E-state index in [1.807, 2.05) is 23.1 Å². The first-order valence-corrected chi connectivity index (χ1v) is 10.9. The number of rotatable bonds is 6. The number of aromatic nitrogens is 2. The molecule has 1 saturated heterocycles. The van der Waals surface area contributed by atoms with Crippen molar-refractivity contribution in [1.82, 2.24) is 14.9 Å². The Bertz CT molecular complexity index is 1060. The molecule has 0 spiro atoms. The minimum atomic E-state index is -0.141. The van der Waals surface area contributed by atoms with Gasteiger partial charge in [0, 0.05) is 25.9 Å². The van der Waals surface area contributed by atoms with Gasteiger partial charge in [0.15, 0.2) is 0 Å². The van der Waals surface area contributed by atoms with Crippen molar-refractivity contribution in [3.63, 3.8) is 0 Å². The van der Waals surface area contributed by atoms with Gasteiger partial charge in [-0.1, -0.05) is 42.0 Å². The van der Waals surface area contributed by atoms with Crippen molar-refractivity contribution in [1.29, 1.82) is 0 Å². The number of amides is 1. The summed E-state index contributed by atoms with van der Waals surface area (Å²) >= 11 is 0. The lowest BCUT2D eigenvalue weighted by atomic mass is 9.90. The van der Waals surface area contributed by atoms with E-state index in [4.69, 9.17) is 0 Å². The fourth-order valence-electron chi connectivity index (χ4n) is 4.23. The highest BCUT2D eigenvalue weighted by Gasteiger charge is 2.22. The summed E-state index contributed by atoms with van der Waals surface area (Å²) in [7, 11) is 0. The lowest BCUT2D eigenvalue weighted by molar-refractivity contribution is -0.132. The number of aryl methyl sites for hydroxylation is 3. The maximum Gasteiger partial charge on any atom is 0.258 e. The molecule has 0 unspecified atom stereocenters. The first kappa shape index (κ1) is 20.3. The molecule has 0 saturated carbocycles. The highest BCUT2D eigenvalue weighted by molar-refractivity contribution is 5.78. The maximum atomic E-state index is 12.6. The number of nitrogens with one attached hydrogen (secondary N) is 1. The Hall–Kier alpha value is -2.95. The third kappa shape index (κ3) is 4.96. The van der Waals surface area contributed by atoms with Gasteiger partial charge in [0.25, 0.3) is 5.56 Å². The molecule has 4 rings (SSSR count). The molecule has 3 aromatic rings. The van der Waals surface area contributed by atoms with Crippen LogP contribution in [0.25, 0.3) is 10.9 Å². The van der Waals surface area contributed by atoms with Gasteiger partial charge in [-0.25, -0.2) is 4.98 Å². The Balaban J connectivity index is 1.24. The van der Waals surface area contributed by atoms with Crippen molar-refractivity contribution in [2.75, 3.05) is 13.1 Å². The molecule has 0 atom stereocenters. The third-order valence-electron chi connectivity index (χ3n) is 6.17. The quantitative estimate of drug-likeness (QED) is 0.676. The Morgan fingerprint density at radius 2 is 1.80 bits per heavy atom. The molecule has 5 nitrogen and oxygen atoms in total. The van der Waals surface area contributed by atoms with Crippen LogP contribution in [0.3, 0.4) is 0 Å². The predicted molar refractivity (Wildman–Crippen MR) is 119 cm³/mol. The van der Waals surface area contributed by atoms with Crippen LogP contribution < -0.4 is 5.56 Å². The SMILES string of the molecule is Cc1ccc(CCC2CCN(C(=O)CCc3nc4ccccc4c(=O)[nH]3)CC2)cc1. The number of carbonyl (C=O) groups is 1. The number of fused-ring (bicyclic) bond motifs is 1. The molecule has 1 N–H and O–H groups in total. The summed E-state index contributed by atoms with van der Waals surface area (Å²) in [6.45, 7) is 3.78. The van der Waals surface area contributed by atoms with E-state index in [0.29, 0.717) is 35.5 Å². The number of benzene rings is 2. The van der Waals surface area contributed by atoms with Crippen LogP contribution in [0, 0.1) is 12.8 Å². The summed E-state index contributed by atoms with van der Waals surface area (Å²) in [5, 5.41) is 0.584. The standard InChI is InChI=1S/C25H29N3O2/c1-18-6-8-19(9-7-18)10-11-20-14-16-28(17-15-20)24(29)13-12-23-26-22-5-3-2-4-21(22)25(30)27-23/h2-9,20H,10-17H2,1H3,(H,26,27,30). The van der Waals surface area contributed by atoms with E-state index in [-0.39, 0.29) is 11.5 Å². The van der Waals surface area contributed by atoms with Gasteiger partial charge in [0.1, 0.15) is 5.82 Å². The predicted octanol–water partition coefficient (Wildman–Crippen LogP) is 4.04. The molecule has 0 bridgehead atoms. The molecule has 1 aliphatic heterocycles. The average Bonchev–Trinajstić information content (AvgIpc) is 2.77. The molecule has 0 aliphatic carbocycles. The first-order valence-electron chi connectivity index (χ1n) is 10.9. The number of piperidine rings is 1. The summed E-state index contributed by atoms with van der Waals surface area (Å²) in [5.74, 6) is 1.43. The van der Waals surface area contributed by atoms with Gasteiger partial charge >= 0.3 is 0 Å². The first-order chi connectivity index (χ1) is 14.6. The second kappa shape index (κ2) is 9.24. The Morgan fingerprint density at radius 3 is 2.57 bits per heavy atom. The summed E-state index contributed by atoms with van der Waals surface area (Å²) in [6.07, 6.45) is 5.29. The van der Waals surface area contributed by atoms with Crippen LogP contribution in [0.2, 0.25) is 0 Å². The van der Waals surface area contributed by atoms with Crippen LogP contribution in [0.1, 0.15) is 42.6 Å². The molecule has 156 valence electrons. The number of carbonyl (C=O) groups excluding carboxylic acids is 1. The van der Waals surface area contributed by atoms with E-state index in [2.05, 4.69) is 41.2 Å². The zero-order valence-electron chi connectivity index (χ0n) is 17.6. The number of nitrogens with zero attached hydrogens (tertiary/aromatic N) is 2. The van der Waals surface area contributed by atoms with Crippen LogP contribution in [0.5, 0.6) is 0 Å². The lowest BCUT2D eigenvalue weighted by Gasteiger charge is -2.32. The van der Waals surface area contributed by atoms with Gasteiger partial charge in [-0.15, -0.1) is 0 Å². The number of H-pyrrole nitrogens is 1. The second-order valence-electron chi connectivity index (χ2n) is 8.38. The van der Waals surface area contributed by atoms with Crippen LogP contribution in [-0.2, 0) is 17.6 Å². The van der Waals surface area contributed by atoms with E-state index in [1.54, 1.807) is 6.07 Å². The van der Waals surface area contributed by atoms with Crippen molar-refractivity contribution >= 4 is 16.8 Å². The smallest absolute Gasteiger partial charge is 0.258 e. The highest BCUT2D eigenvalue weighted by Crippen LogP contribution is 2.23. The van der Waals surface area contributed by atoms with Crippen molar-refractivity contribution in [3.05, 3.63) is 75.8 Å². The molecule has 5 heteroatoms. The minimum Gasteiger partial charge on any atom is -0.343 e. The molecule has 2 aromatic carbocycles. The molecule has 1 amide bonds. The topological polar surface area (TPSA) is 66.1 Å². The minimum absolute atomic E-state index is 0.141. The van der Waals surface area contributed by atoms with Gasteiger partial charge in [-0.05, 0) is 56.2 Å². The molecule has 1 aliphatic rings. The van der Waals surface area contributed by atoms with Gasteiger partial charge in [-0.2, -0.15) is 0 Å². The third-order valence-corrected chi connectivity index (χ3v) is 6.17. The van der Waals surface area contributed by atoms with Crippen molar-refractivity contribution in [2.24, 2.45) is 5.92 Å². The molecule has 1 aromatic heterocycles. The zero-order chi connectivity index (χ0) is 20.9. The van der Waals surface area contributed by atoms with Gasteiger partial charge in [0.2, 0.25) is 5.91 Å². The normalized spacial score (nSPS) is 14.9. The molecule has 30 heavy (non-hydrogen) atoms. The van der Waals surface area contributed by atoms with E-state index < -0.39 is 0 Å². The van der Waals surface area contributed by atoms with Crippen LogP contribution in [-0.4, -0.2) is 33.9 Å². The van der Waals surface area contributed by atoms with Crippen molar-refractivity contribution in [2.45, 2.75) is 45.4 Å². The zero-order valence-corrected chi connectivity index (χ0v) is 17.6. The van der Waals surface area contributed by atoms with E-state index >= 15 is 0 Å². The van der Waals surface area contributed by atoms with Crippen LogP contribution in [0.4, 0.5) is 0 Å². The Kier molecular flexibility index (Phi) is 6.26. The van der Waals surface area contributed by atoms with Gasteiger partial charge in [0.05, 0.1) is 10.9 Å². The van der Waals surface area contributed by atoms with Crippen molar-refractivity contribution < 1.29 is 4.79 Å². The molecular weight excluding hydrogens is 374 g/mol. The number of hydrogen-bond acceptors (Lipinski definition) is 3. The Morgan fingerprint density at radius 1 is 1.07 bits per heavy atom. The van der Waals surface area contributed by atoms with E-state index in [1.165, 1.54) is 17.5 Å². The number of aromatic amines is 1. The molecule has 1 fully saturated rings. The summed E-state index contributed by atoms with van der Waals surface area (Å²) in [6, 6.07) is 16.1. The highest BCUT2D eigenvalue weighted by atomic mass is 16.2. The summed E-state index contributed by atoms with van der Waals surface area (Å²) in [5.41, 5.74) is 3.24. The van der Waals surface area contributed by atoms with Gasteiger partial charge < -0.3 is 9.88 Å². The molecule has 2 heterocycles. The van der Waals surface area contributed by atoms with E-state index in [9.17, 15) is 9.59 Å². The molecule has 0 radical (unpaired) electrons. The Labute approximate surface area is 177 Å². The van der Waals surface area contributed by atoms with Gasteiger partial charge in [-0.3, -0.25) is 9.59 Å². The number of para-hydroxylation sites is 1. The van der Waals surface area contributed by atoms with Crippen LogP contribution >= 0.6 is 0 Å². The lowest BCUT2D eigenvalue weighted by Crippen LogP contribution is -2.38. The largest absolute Gasteiger partial charge is 0.343 e. The fraction of sp³-hybridized carbons (Fsp3) is 0.400. The molecular formula is C25H29N3O2. The summed E-state index contributed by atoms with van der Waals surface area (Å²) in [4.78, 5) is 34.1. The number of likely N-dealkylation sites (tertiary alicyclic amines) is 1. The average molecular weight is 404 g/mol. The van der Waals surface area contributed by atoms with Crippen LogP contribution in [0.15, 0.2) is 53.3 Å². The second-order valence-corrected chi connectivity index (χ2v) is 8.38. The maximum absolute atomic E-state index is 12.6. The fourth-order valence-corrected chi connectivity index (χ4v) is 4.23. The summed E-state index contributed by atoms with van der Waals surface area (Å²) < 4.78 is 0. The monoisotopic (exact) mass is 403 g/mol. The van der Waals surface area contributed by atoms with E-state index in [0.717, 1.165) is 32.4 Å².